The first-order chi connectivity index (χ1) is 29.5. The van der Waals surface area contributed by atoms with Crippen LogP contribution in [0.15, 0.2) is 140 Å². The SMILES string of the molecule is Cc1nn(-c2[c-]c(Oc3[c-]c4c(cc3)c3ccccc3n4-c3cc(-n4c5c(C(C)C)cccc5c5cccc(C(C)C)c54)ccn3)ccc2)c(C(C)(C)C)c1-c1ccccc1.[Pt+2]. The Hall–Kier alpha value is -6.23. The van der Waals surface area contributed by atoms with E-state index in [2.05, 4.69) is 180 Å². The molecule has 0 radical (unpaired) electrons. The smallest absolute Gasteiger partial charge is 0.509 e. The number of rotatable bonds is 8. The molecule has 0 aliphatic rings. The van der Waals surface area contributed by atoms with Gasteiger partial charge < -0.3 is 13.9 Å². The number of aryl methyl sites for hydroxylation is 1. The molecule has 0 saturated heterocycles. The maximum atomic E-state index is 6.64. The van der Waals surface area contributed by atoms with Gasteiger partial charge in [-0.1, -0.05) is 139 Å². The topological polar surface area (TPSA) is 49.8 Å². The number of para-hydroxylation sites is 3. The molecule has 6 aromatic carbocycles. The molecule has 6 nitrogen and oxygen atoms in total. The number of hydrogen-bond acceptors (Lipinski definition) is 3. The molecule has 4 heterocycles. The molecular formula is C55H49N5OPt. The van der Waals surface area contributed by atoms with Crippen LogP contribution in [0.3, 0.4) is 0 Å². The van der Waals surface area contributed by atoms with Crippen LogP contribution in [0.25, 0.3) is 71.9 Å². The summed E-state index contributed by atoms with van der Waals surface area (Å²) in [6.07, 6.45) is 1.94. The number of pyridine rings is 1. The standard InChI is InChI=1S/C55H49N5O.Pt/c1-34(2)42-22-15-24-46-47-25-16-23-43(35(3)4)53(47)58(52(42)46)38-29-30-56-50(32-38)59-48-26-13-12-21-44(48)45-28-27-41(33-49(45)59)61-40-20-14-19-39(31-40)60-54(55(6,7)8)51(36(5)57-60)37-17-10-9-11-18-37;/h9-30,32,34-35H,1-8H3;/q-2;+2. The van der Waals surface area contributed by atoms with Gasteiger partial charge in [0.25, 0.3) is 0 Å². The summed E-state index contributed by atoms with van der Waals surface area (Å²) in [7, 11) is 0. The third-order valence-electron chi connectivity index (χ3n) is 11.9. The summed E-state index contributed by atoms with van der Waals surface area (Å²) >= 11 is 0. The summed E-state index contributed by atoms with van der Waals surface area (Å²) in [5.74, 6) is 2.66. The van der Waals surface area contributed by atoms with Gasteiger partial charge in [-0.25, -0.2) is 4.98 Å². The van der Waals surface area contributed by atoms with E-state index >= 15 is 0 Å². The monoisotopic (exact) mass is 990 g/mol. The fourth-order valence-corrected chi connectivity index (χ4v) is 9.28. The molecule has 10 rings (SSSR count). The van der Waals surface area contributed by atoms with Crippen LogP contribution in [-0.2, 0) is 26.5 Å². The molecule has 0 saturated carbocycles. The first-order valence-corrected chi connectivity index (χ1v) is 21.3. The molecule has 0 aliphatic heterocycles. The van der Waals surface area contributed by atoms with Gasteiger partial charge in [-0.15, -0.1) is 35.7 Å². The van der Waals surface area contributed by atoms with Crippen LogP contribution in [0.4, 0.5) is 0 Å². The molecule has 10 aromatic rings. The van der Waals surface area contributed by atoms with Crippen molar-refractivity contribution in [3.63, 3.8) is 0 Å². The maximum absolute atomic E-state index is 6.64. The molecule has 0 unspecified atom stereocenters. The summed E-state index contributed by atoms with van der Waals surface area (Å²) < 4.78 is 13.4. The van der Waals surface area contributed by atoms with Gasteiger partial charge >= 0.3 is 21.1 Å². The minimum absolute atomic E-state index is 0. The van der Waals surface area contributed by atoms with Gasteiger partial charge in [0.1, 0.15) is 5.82 Å². The van der Waals surface area contributed by atoms with E-state index in [1.54, 1.807) is 0 Å². The van der Waals surface area contributed by atoms with Crippen LogP contribution in [0.2, 0.25) is 0 Å². The zero-order chi connectivity index (χ0) is 42.2. The van der Waals surface area contributed by atoms with E-state index in [9.17, 15) is 0 Å². The van der Waals surface area contributed by atoms with Crippen molar-refractivity contribution in [2.45, 2.75) is 72.6 Å². The summed E-state index contributed by atoms with van der Waals surface area (Å²) in [6.45, 7) is 17.9. The zero-order valence-electron chi connectivity index (χ0n) is 36.4. The van der Waals surface area contributed by atoms with Crippen molar-refractivity contribution in [1.29, 1.82) is 0 Å². The van der Waals surface area contributed by atoms with E-state index < -0.39 is 0 Å². The van der Waals surface area contributed by atoms with E-state index in [1.165, 1.54) is 32.9 Å². The van der Waals surface area contributed by atoms with Crippen LogP contribution in [0, 0.1) is 19.1 Å². The number of ether oxygens (including phenoxy) is 1. The molecule has 310 valence electrons. The molecule has 7 heteroatoms. The van der Waals surface area contributed by atoms with E-state index in [0.717, 1.165) is 61.5 Å². The summed E-state index contributed by atoms with van der Waals surface area (Å²) in [4.78, 5) is 5.06. The second kappa shape index (κ2) is 15.9. The molecular weight excluding hydrogens is 942 g/mol. The van der Waals surface area contributed by atoms with Gasteiger partial charge in [0.15, 0.2) is 0 Å². The fourth-order valence-electron chi connectivity index (χ4n) is 9.28. The van der Waals surface area contributed by atoms with Gasteiger partial charge in [0.2, 0.25) is 0 Å². The van der Waals surface area contributed by atoms with Gasteiger partial charge in [-0.2, -0.15) is 17.2 Å². The van der Waals surface area contributed by atoms with Crippen molar-refractivity contribution < 1.29 is 25.8 Å². The minimum Gasteiger partial charge on any atom is -0.509 e. The van der Waals surface area contributed by atoms with Crippen molar-refractivity contribution in [2.75, 3.05) is 0 Å². The van der Waals surface area contributed by atoms with Crippen LogP contribution in [0.5, 0.6) is 11.5 Å². The number of fused-ring (bicyclic) bond motifs is 6. The van der Waals surface area contributed by atoms with Crippen molar-refractivity contribution in [3.05, 3.63) is 174 Å². The predicted molar refractivity (Wildman–Crippen MR) is 251 cm³/mol. The first kappa shape index (κ1) is 41.1. The quantitative estimate of drug-likeness (QED) is 0.143. The Bertz CT molecular complexity index is 3220. The largest absolute Gasteiger partial charge is 2.00 e. The van der Waals surface area contributed by atoms with Crippen molar-refractivity contribution in [3.8, 4) is 39.8 Å². The van der Waals surface area contributed by atoms with E-state index in [1.807, 2.05) is 41.2 Å². The predicted octanol–water partition coefficient (Wildman–Crippen LogP) is 14.4. The second-order valence-electron chi connectivity index (χ2n) is 17.8. The van der Waals surface area contributed by atoms with E-state index in [4.69, 9.17) is 14.8 Å². The number of benzene rings is 6. The average Bonchev–Trinajstić information content (AvgIpc) is 3.91. The molecule has 62 heavy (non-hydrogen) atoms. The van der Waals surface area contributed by atoms with Crippen LogP contribution in [-0.4, -0.2) is 23.9 Å². The molecule has 0 atom stereocenters. The van der Waals surface area contributed by atoms with Crippen LogP contribution < -0.4 is 4.74 Å². The Morgan fingerprint density at radius 1 is 0.613 bits per heavy atom. The molecule has 0 aliphatic carbocycles. The van der Waals surface area contributed by atoms with Crippen molar-refractivity contribution in [2.24, 2.45) is 0 Å². The number of nitrogens with zero attached hydrogens (tertiary/aromatic N) is 5. The fraction of sp³-hybridized carbons (Fsp3) is 0.200. The third-order valence-corrected chi connectivity index (χ3v) is 11.9. The summed E-state index contributed by atoms with van der Waals surface area (Å²) in [5, 5.41) is 9.81. The maximum Gasteiger partial charge on any atom is 2.00 e. The van der Waals surface area contributed by atoms with E-state index in [0.29, 0.717) is 23.3 Å². The normalized spacial score (nSPS) is 12.0. The van der Waals surface area contributed by atoms with E-state index in [-0.39, 0.29) is 26.5 Å². The first-order valence-electron chi connectivity index (χ1n) is 21.3. The van der Waals surface area contributed by atoms with Gasteiger partial charge in [-0.05, 0) is 58.7 Å². The van der Waals surface area contributed by atoms with Crippen molar-refractivity contribution >= 4 is 43.6 Å². The Balaban J connectivity index is 0.00000490. The number of hydrogen-bond donors (Lipinski definition) is 0. The Labute approximate surface area is 378 Å². The van der Waals surface area contributed by atoms with Gasteiger partial charge in [0.05, 0.1) is 28.1 Å². The Kier molecular flexibility index (Phi) is 10.6. The van der Waals surface area contributed by atoms with Gasteiger partial charge in [0, 0.05) is 51.0 Å². The molecule has 0 spiro atoms. The summed E-state index contributed by atoms with van der Waals surface area (Å²) in [5.41, 5.74) is 13.2. The minimum atomic E-state index is -0.191. The Morgan fingerprint density at radius 2 is 1.24 bits per heavy atom. The third kappa shape index (κ3) is 6.86. The number of aromatic nitrogens is 5. The molecule has 0 fully saturated rings. The Morgan fingerprint density at radius 3 is 1.92 bits per heavy atom. The van der Waals surface area contributed by atoms with Crippen LogP contribution in [0.1, 0.15) is 82.8 Å². The molecule has 0 amide bonds. The van der Waals surface area contributed by atoms with Gasteiger partial charge in [-0.3, -0.25) is 4.68 Å². The van der Waals surface area contributed by atoms with Crippen molar-refractivity contribution in [1.82, 2.24) is 23.9 Å². The molecule has 0 N–H and O–H groups in total. The molecule has 0 bridgehead atoms. The summed E-state index contributed by atoms with van der Waals surface area (Å²) in [6, 6.07) is 54.2. The second-order valence-corrected chi connectivity index (χ2v) is 17.8. The average molecular weight is 991 g/mol. The molecule has 4 aromatic heterocycles. The van der Waals surface area contributed by atoms with Crippen LogP contribution >= 0.6 is 0 Å². The zero-order valence-corrected chi connectivity index (χ0v) is 38.7.